The summed E-state index contributed by atoms with van der Waals surface area (Å²) in [5.74, 6) is 0.507. The second kappa shape index (κ2) is 7.03. The Hall–Kier alpha value is -1.37. The molecule has 0 atom stereocenters. The predicted octanol–water partition coefficient (Wildman–Crippen LogP) is 3.80. The lowest BCUT2D eigenvalue weighted by Gasteiger charge is -2.27. The molecule has 0 aliphatic carbocycles. The van der Waals surface area contributed by atoms with Crippen LogP contribution in [0.5, 0.6) is 5.75 Å². The van der Waals surface area contributed by atoms with Crippen molar-refractivity contribution in [2.75, 3.05) is 7.11 Å². The highest BCUT2D eigenvalue weighted by Gasteiger charge is 2.28. The first-order valence-corrected chi connectivity index (χ1v) is 9.72. The topological polar surface area (TPSA) is 55.4 Å². The molecular formula is C17H20BrNO3S. The molecule has 0 heterocycles. The Balaban J connectivity index is 2.29. The number of hydrogen-bond acceptors (Lipinski definition) is 3. The third-order valence-electron chi connectivity index (χ3n) is 3.57. The molecule has 0 aromatic heterocycles. The molecule has 23 heavy (non-hydrogen) atoms. The minimum atomic E-state index is -3.65. The molecule has 2 rings (SSSR count). The predicted molar refractivity (Wildman–Crippen MR) is 95.4 cm³/mol. The molecule has 0 spiro atoms. The van der Waals surface area contributed by atoms with Crippen LogP contribution >= 0.6 is 15.9 Å². The fraction of sp³-hybridized carbons (Fsp3) is 0.294. The molecule has 2 aromatic rings. The standard InChI is InChI=1S/C17H20BrNO3S/c1-17(2,14-9-7-13(12-18)8-10-14)19-23(20,21)16-6-4-5-15(11-16)22-3/h4-11,19H,12H2,1-3H3. The Labute approximate surface area is 146 Å². The van der Waals surface area contributed by atoms with Gasteiger partial charge in [-0.05, 0) is 37.1 Å². The van der Waals surface area contributed by atoms with Crippen LogP contribution < -0.4 is 9.46 Å². The molecule has 0 radical (unpaired) electrons. The average Bonchev–Trinajstić information content (AvgIpc) is 2.54. The van der Waals surface area contributed by atoms with E-state index in [0.717, 1.165) is 16.5 Å². The highest BCUT2D eigenvalue weighted by atomic mass is 79.9. The van der Waals surface area contributed by atoms with E-state index in [0.29, 0.717) is 5.75 Å². The van der Waals surface area contributed by atoms with E-state index >= 15 is 0 Å². The van der Waals surface area contributed by atoms with Crippen molar-refractivity contribution in [3.63, 3.8) is 0 Å². The van der Waals surface area contributed by atoms with Crippen molar-refractivity contribution in [2.24, 2.45) is 0 Å². The summed E-state index contributed by atoms with van der Waals surface area (Å²) in [6.45, 7) is 3.68. The second-order valence-electron chi connectivity index (χ2n) is 5.74. The molecule has 0 saturated carbocycles. The fourth-order valence-corrected chi connectivity index (χ4v) is 4.04. The van der Waals surface area contributed by atoms with Gasteiger partial charge in [-0.3, -0.25) is 0 Å². The smallest absolute Gasteiger partial charge is 0.241 e. The first-order valence-electron chi connectivity index (χ1n) is 7.12. The molecule has 0 saturated heterocycles. The number of halogens is 1. The second-order valence-corrected chi connectivity index (χ2v) is 7.98. The SMILES string of the molecule is COc1cccc(S(=O)(=O)NC(C)(C)c2ccc(CBr)cc2)c1. The van der Waals surface area contributed by atoms with E-state index < -0.39 is 15.6 Å². The van der Waals surface area contributed by atoms with Crippen molar-refractivity contribution in [2.45, 2.75) is 29.6 Å². The van der Waals surface area contributed by atoms with Gasteiger partial charge in [0.25, 0.3) is 0 Å². The number of ether oxygens (including phenoxy) is 1. The zero-order chi connectivity index (χ0) is 17.1. The van der Waals surface area contributed by atoms with Gasteiger partial charge in [0.05, 0.1) is 17.5 Å². The van der Waals surface area contributed by atoms with Crippen LogP contribution in [0.25, 0.3) is 0 Å². The summed E-state index contributed by atoms with van der Waals surface area (Å²) in [6.07, 6.45) is 0. The van der Waals surface area contributed by atoms with Crippen LogP contribution in [-0.4, -0.2) is 15.5 Å². The van der Waals surface area contributed by atoms with E-state index in [-0.39, 0.29) is 4.90 Å². The van der Waals surface area contributed by atoms with Gasteiger partial charge >= 0.3 is 0 Å². The van der Waals surface area contributed by atoms with Crippen molar-refractivity contribution in [3.8, 4) is 5.75 Å². The van der Waals surface area contributed by atoms with E-state index in [1.54, 1.807) is 18.2 Å². The van der Waals surface area contributed by atoms with Crippen molar-refractivity contribution in [1.82, 2.24) is 4.72 Å². The Morgan fingerprint density at radius 2 is 1.78 bits per heavy atom. The number of methoxy groups -OCH3 is 1. The molecule has 124 valence electrons. The summed E-state index contributed by atoms with van der Waals surface area (Å²) >= 11 is 3.40. The van der Waals surface area contributed by atoms with E-state index in [2.05, 4.69) is 20.7 Å². The van der Waals surface area contributed by atoms with Crippen LogP contribution in [0, 0.1) is 0 Å². The number of benzene rings is 2. The summed E-state index contributed by atoms with van der Waals surface area (Å²) in [5, 5.41) is 0.767. The maximum Gasteiger partial charge on any atom is 0.241 e. The molecule has 0 aliphatic heterocycles. The lowest BCUT2D eigenvalue weighted by molar-refractivity contribution is 0.413. The van der Waals surface area contributed by atoms with Gasteiger partial charge in [-0.25, -0.2) is 13.1 Å². The normalized spacial score (nSPS) is 12.2. The third kappa shape index (κ3) is 4.34. The zero-order valence-corrected chi connectivity index (χ0v) is 15.7. The van der Waals surface area contributed by atoms with Gasteiger partial charge in [-0.15, -0.1) is 0 Å². The van der Waals surface area contributed by atoms with Crippen LogP contribution in [0.3, 0.4) is 0 Å². The van der Waals surface area contributed by atoms with Crippen LogP contribution in [0.2, 0.25) is 0 Å². The fourth-order valence-electron chi connectivity index (χ4n) is 2.23. The minimum absolute atomic E-state index is 0.182. The lowest BCUT2D eigenvalue weighted by atomic mass is 9.95. The van der Waals surface area contributed by atoms with Gasteiger partial charge in [-0.1, -0.05) is 46.3 Å². The van der Waals surface area contributed by atoms with Gasteiger partial charge in [0.1, 0.15) is 5.75 Å². The van der Waals surface area contributed by atoms with Crippen LogP contribution in [0.4, 0.5) is 0 Å². The molecule has 2 aromatic carbocycles. The Bertz CT molecular complexity index is 771. The van der Waals surface area contributed by atoms with Crippen molar-refractivity contribution < 1.29 is 13.2 Å². The number of rotatable bonds is 6. The molecule has 4 nitrogen and oxygen atoms in total. The lowest BCUT2D eigenvalue weighted by Crippen LogP contribution is -2.40. The van der Waals surface area contributed by atoms with Crippen molar-refractivity contribution in [3.05, 3.63) is 59.7 Å². The Morgan fingerprint density at radius 1 is 1.13 bits per heavy atom. The molecule has 0 aliphatic rings. The van der Waals surface area contributed by atoms with Crippen molar-refractivity contribution in [1.29, 1.82) is 0 Å². The Morgan fingerprint density at radius 3 is 2.35 bits per heavy atom. The van der Waals surface area contributed by atoms with Crippen molar-refractivity contribution >= 4 is 26.0 Å². The highest BCUT2D eigenvalue weighted by Crippen LogP contribution is 2.25. The largest absolute Gasteiger partial charge is 0.497 e. The van der Waals surface area contributed by atoms with Gasteiger partial charge in [0.2, 0.25) is 10.0 Å². The van der Waals surface area contributed by atoms with E-state index in [1.165, 1.54) is 13.2 Å². The van der Waals surface area contributed by atoms with Gasteiger partial charge in [-0.2, -0.15) is 0 Å². The number of nitrogens with one attached hydrogen (secondary N) is 1. The summed E-state index contributed by atoms with van der Waals surface area (Å²) in [5.41, 5.74) is 1.31. The van der Waals surface area contributed by atoms with E-state index in [1.807, 2.05) is 38.1 Å². The van der Waals surface area contributed by atoms with Crippen LogP contribution in [-0.2, 0) is 20.9 Å². The van der Waals surface area contributed by atoms with Crippen LogP contribution in [0.1, 0.15) is 25.0 Å². The molecule has 0 fully saturated rings. The number of hydrogen-bond donors (Lipinski definition) is 1. The van der Waals surface area contributed by atoms with Gasteiger partial charge in [0, 0.05) is 11.4 Å². The van der Waals surface area contributed by atoms with Gasteiger partial charge in [0.15, 0.2) is 0 Å². The third-order valence-corrected chi connectivity index (χ3v) is 5.87. The number of alkyl halides is 1. The molecule has 0 unspecified atom stereocenters. The molecule has 0 bridgehead atoms. The maximum atomic E-state index is 12.6. The summed E-state index contributed by atoms with van der Waals surface area (Å²) < 4.78 is 33.1. The monoisotopic (exact) mass is 397 g/mol. The average molecular weight is 398 g/mol. The molecular weight excluding hydrogens is 378 g/mol. The maximum absolute atomic E-state index is 12.6. The number of sulfonamides is 1. The molecule has 0 amide bonds. The van der Waals surface area contributed by atoms with Gasteiger partial charge < -0.3 is 4.74 Å². The zero-order valence-electron chi connectivity index (χ0n) is 13.3. The summed E-state index contributed by atoms with van der Waals surface area (Å²) in [4.78, 5) is 0.182. The van der Waals surface area contributed by atoms with E-state index in [9.17, 15) is 8.42 Å². The highest BCUT2D eigenvalue weighted by molar-refractivity contribution is 9.08. The molecule has 1 N–H and O–H groups in total. The minimum Gasteiger partial charge on any atom is -0.497 e. The Kier molecular flexibility index (Phi) is 5.49. The van der Waals surface area contributed by atoms with Crippen LogP contribution in [0.15, 0.2) is 53.4 Å². The summed E-state index contributed by atoms with van der Waals surface area (Å²) in [7, 11) is -2.15. The first-order chi connectivity index (χ1) is 10.8. The first kappa shape index (κ1) is 18.0. The van der Waals surface area contributed by atoms with E-state index in [4.69, 9.17) is 4.74 Å². The quantitative estimate of drug-likeness (QED) is 0.753. The molecule has 6 heteroatoms. The summed E-state index contributed by atoms with van der Waals surface area (Å²) in [6, 6.07) is 14.3.